The van der Waals surface area contributed by atoms with Crippen molar-refractivity contribution in [3.8, 4) is 0 Å². The van der Waals surface area contributed by atoms with E-state index in [2.05, 4.69) is 31.2 Å². The molecule has 0 amide bonds. The van der Waals surface area contributed by atoms with E-state index in [4.69, 9.17) is 0 Å². The average Bonchev–Trinajstić information content (AvgIpc) is 2.70. The Labute approximate surface area is 166 Å². The molecule has 2 aliphatic carbocycles. The highest BCUT2D eigenvalue weighted by Gasteiger charge is 2.31. The van der Waals surface area contributed by atoms with E-state index in [9.17, 15) is 4.39 Å². The van der Waals surface area contributed by atoms with Crippen LogP contribution in [0, 0.1) is 17.8 Å². The standard InChI is InChI=1S/C26H39F/c1-3-5-20-7-11-22(12-8-20)24-15-17-25(18-16-24)23-13-9-21(10-14-23)19-26(27)6-4-2/h9-10,13-14,19-20,22,24-25H,3-8,11-12,15-18H2,1-2H3/b26-19+. The van der Waals surface area contributed by atoms with Crippen LogP contribution in [0.3, 0.4) is 0 Å². The highest BCUT2D eigenvalue weighted by atomic mass is 19.1. The van der Waals surface area contributed by atoms with Gasteiger partial charge in [0.15, 0.2) is 0 Å². The smallest absolute Gasteiger partial charge is 0.100 e. The molecule has 2 fully saturated rings. The molecule has 2 saturated carbocycles. The van der Waals surface area contributed by atoms with E-state index in [0.29, 0.717) is 6.42 Å². The molecule has 3 rings (SSSR count). The molecule has 0 nitrogen and oxygen atoms in total. The molecule has 1 heteroatoms. The number of allylic oxidation sites excluding steroid dienone is 1. The lowest BCUT2D eigenvalue weighted by molar-refractivity contribution is 0.156. The lowest BCUT2D eigenvalue weighted by atomic mass is 9.68. The van der Waals surface area contributed by atoms with Crippen LogP contribution in [0.15, 0.2) is 30.1 Å². The second-order valence-corrected chi connectivity index (χ2v) is 9.19. The summed E-state index contributed by atoms with van der Waals surface area (Å²) < 4.78 is 13.7. The van der Waals surface area contributed by atoms with Crippen molar-refractivity contribution in [2.45, 2.75) is 96.8 Å². The minimum absolute atomic E-state index is 0.000541. The van der Waals surface area contributed by atoms with Gasteiger partial charge >= 0.3 is 0 Å². The molecule has 0 atom stereocenters. The SMILES string of the molecule is CCC/C(F)=C\c1ccc(C2CCC(C3CCC(CCC)CC3)CC2)cc1. The molecular formula is C26H39F. The van der Waals surface area contributed by atoms with Gasteiger partial charge in [-0.2, -0.15) is 0 Å². The summed E-state index contributed by atoms with van der Waals surface area (Å²) in [6.45, 7) is 4.35. The Morgan fingerprint density at radius 1 is 0.852 bits per heavy atom. The molecule has 0 saturated heterocycles. The Bertz CT molecular complexity index is 569. The molecule has 0 spiro atoms. The largest absolute Gasteiger partial charge is 0.212 e. The first-order chi connectivity index (χ1) is 13.2. The van der Waals surface area contributed by atoms with Crippen molar-refractivity contribution in [2.24, 2.45) is 17.8 Å². The number of hydrogen-bond donors (Lipinski definition) is 0. The van der Waals surface area contributed by atoms with E-state index in [1.54, 1.807) is 6.08 Å². The predicted octanol–water partition coefficient (Wildman–Crippen LogP) is 8.68. The number of hydrogen-bond acceptors (Lipinski definition) is 0. The second kappa shape index (κ2) is 10.4. The van der Waals surface area contributed by atoms with Gasteiger partial charge in [0.2, 0.25) is 0 Å². The lowest BCUT2D eigenvalue weighted by Gasteiger charge is -2.38. The first-order valence-electron chi connectivity index (χ1n) is 11.7. The third-order valence-corrected chi connectivity index (χ3v) is 7.25. The molecule has 150 valence electrons. The Morgan fingerprint density at radius 3 is 2.00 bits per heavy atom. The summed E-state index contributed by atoms with van der Waals surface area (Å²) in [7, 11) is 0. The molecule has 0 heterocycles. The lowest BCUT2D eigenvalue weighted by Crippen LogP contribution is -2.25. The van der Waals surface area contributed by atoms with Crippen LogP contribution in [0.25, 0.3) is 6.08 Å². The highest BCUT2D eigenvalue weighted by Crippen LogP contribution is 2.44. The van der Waals surface area contributed by atoms with Crippen LogP contribution in [-0.4, -0.2) is 0 Å². The van der Waals surface area contributed by atoms with Crippen LogP contribution in [0.4, 0.5) is 4.39 Å². The van der Waals surface area contributed by atoms with Gasteiger partial charge in [-0.05, 0) is 92.2 Å². The van der Waals surface area contributed by atoms with E-state index in [1.165, 1.54) is 69.8 Å². The van der Waals surface area contributed by atoms with Gasteiger partial charge in [-0.15, -0.1) is 0 Å². The maximum Gasteiger partial charge on any atom is 0.100 e. The van der Waals surface area contributed by atoms with Crippen molar-refractivity contribution in [1.29, 1.82) is 0 Å². The Hall–Kier alpha value is -1.11. The normalized spacial score (nSPS) is 29.7. The Morgan fingerprint density at radius 2 is 1.44 bits per heavy atom. The number of benzene rings is 1. The summed E-state index contributed by atoms with van der Waals surface area (Å²) in [5.74, 6) is 3.73. The van der Waals surface area contributed by atoms with E-state index in [1.807, 2.05) is 6.92 Å². The van der Waals surface area contributed by atoms with Crippen LogP contribution in [0.5, 0.6) is 0 Å². The fraction of sp³-hybridized carbons (Fsp3) is 0.692. The molecule has 27 heavy (non-hydrogen) atoms. The maximum absolute atomic E-state index is 13.7. The molecule has 1 aromatic rings. The quantitative estimate of drug-likeness (QED) is 0.450. The monoisotopic (exact) mass is 370 g/mol. The molecule has 2 aliphatic rings. The molecule has 0 N–H and O–H groups in total. The van der Waals surface area contributed by atoms with E-state index in [-0.39, 0.29) is 5.83 Å². The van der Waals surface area contributed by atoms with Gasteiger partial charge in [-0.3, -0.25) is 0 Å². The molecule has 0 aromatic heterocycles. The first-order valence-corrected chi connectivity index (χ1v) is 11.7. The predicted molar refractivity (Wildman–Crippen MR) is 115 cm³/mol. The van der Waals surface area contributed by atoms with Gasteiger partial charge < -0.3 is 0 Å². The third-order valence-electron chi connectivity index (χ3n) is 7.25. The zero-order valence-corrected chi connectivity index (χ0v) is 17.6. The van der Waals surface area contributed by atoms with Crippen molar-refractivity contribution in [3.05, 3.63) is 41.2 Å². The highest BCUT2D eigenvalue weighted by molar-refractivity contribution is 5.51. The maximum atomic E-state index is 13.7. The zero-order valence-electron chi connectivity index (χ0n) is 17.6. The fourth-order valence-corrected chi connectivity index (χ4v) is 5.64. The van der Waals surface area contributed by atoms with Gasteiger partial charge in [0.05, 0.1) is 0 Å². The second-order valence-electron chi connectivity index (χ2n) is 9.19. The molecule has 0 unspecified atom stereocenters. The Balaban J connectivity index is 1.47. The topological polar surface area (TPSA) is 0 Å². The van der Waals surface area contributed by atoms with Gasteiger partial charge in [-0.1, -0.05) is 63.8 Å². The Kier molecular flexibility index (Phi) is 7.97. The van der Waals surface area contributed by atoms with Crippen molar-refractivity contribution in [2.75, 3.05) is 0 Å². The van der Waals surface area contributed by atoms with E-state index in [0.717, 1.165) is 35.7 Å². The van der Waals surface area contributed by atoms with Gasteiger partial charge in [0.1, 0.15) is 5.83 Å². The average molecular weight is 371 g/mol. The summed E-state index contributed by atoms with van der Waals surface area (Å²) >= 11 is 0. The summed E-state index contributed by atoms with van der Waals surface area (Å²) in [5, 5.41) is 0. The first kappa shape index (κ1) is 20.6. The van der Waals surface area contributed by atoms with Crippen molar-refractivity contribution >= 4 is 6.08 Å². The van der Waals surface area contributed by atoms with Crippen LogP contribution < -0.4 is 0 Å². The minimum Gasteiger partial charge on any atom is -0.212 e. The van der Waals surface area contributed by atoms with E-state index < -0.39 is 0 Å². The third kappa shape index (κ3) is 5.93. The summed E-state index contributed by atoms with van der Waals surface area (Å²) in [6.07, 6.45) is 17.4. The molecule has 0 bridgehead atoms. The van der Waals surface area contributed by atoms with Gasteiger partial charge in [0.25, 0.3) is 0 Å². The number of rotatable bonds is 7. The van der Waals surface area contributed by atoms with Crippen LogP contribution in [0.1, 0.15) is 108 Å². The van der Waals surface area contributed by atoms with Crippen LogP contribution in [0.2, 0.25) is 0 Å². The van der Waals surface area contributed by atoms with Crippen LogP contribution in [-0.2, 0) is 0 Å². The molecule has 1 aromatic carbocycles. The van der Waals surface area contributed by atoms with Crippen molar-refractivity contribution < 1.29 is 4.39 Å². The minimum atomic E-state index is -0.000541. The van der Waals surface area contributed by atoms with Crippen molar-refractivity contribution in [1.82, 2.24) is 0 Å². The van der Waals surface area contributed by atoms with Gasteiger partial charge in [-0.25, -0.2) is 4.39 Å². The van der Waals surface area contributed by atoms with E-state index >= 15 is 0 Å². The summed E-state index contributed by atoms with van der Waals surface area (Å²) in [4.78, 5) is 0. The molecule has 0 aliphatic heterocycles. The zero-order chi connectivity index (χ0) is 19.1. The molecule has 0 radical (unpaired) electrons. The molecular weight excluding hydrogens is 331 g/mol. The summed E-state index contributed by atoms with van der Waals surface area (Å²) in [6, 6.07) is 8.69. The summed E-state index contributed by atoms with van der Waals surface area (Å²) in [5.41, 5.74) is 2.47. The van der Waals surface area contributed by atoms with Crippen molar-refractivity contribution in [3.63, 3.8) is 0 Å². The van der Waals surface area contributed by atoms with Crippen LogP contribution >= 0.6 is 0 Å². The van der Waals surface area contributed by atoms with Gasteiger partial charge in [0, 0.05) is 0 Å². The fourth-order valence-electron chi connectivity index (χ4n) is 5.64. The number of halogens is 1.